The van der Waals surface area contributed by atoms with Gasteiger partial charge >= 0.3 is 0 Å². The summed E-state index contributed by atoms with van der Waals surface area (Å²) < 4.78 is 12.4. The second kappa shape index (κ2) is 7.49. The lowest BCUT2D eigenvalue weighted by Crippen LogP contribution is -2.49. The fraction of sp³-hybridized carbons (Fsp3) is 0.227. The molecule has 10 heteroatoms. The van der Waals surface area contributed by atoms with E-state index in [0.717, 1.165) is 11.5 Å². The number of amides is 1. The van der Waals surface area contributed by atoms with Crippen molar-refractivity contribution in [1.82, 2.24) is 29.9 Å². The zero-order valence-corrected chi connectivity index (χ0v) is 17.1. The fourth-order valence-electron chi connectivity index (χ4n) is 4.04. The molecule has 0 aliphatic carbocycles. The Hall–Kier alpha value is -4.21. The lowest BCUT2D eigenvalue weighted by molar-refractivity contribution is 0.0746. The number of aromatic nitrogens is 5. The number of carbonyl (C=O) groups is 1. The number of carbonyl (C=O) groups excluding carboxylic acids is 1. The molecule has 6 rings (SSSR count). The average molecular weight is 429 g/mol. The van der Waals surface area contributed by atoms with E-state index in [1.54, 1.807) is 22.9 Å². The van der Waals surface area contributed by atoms with Crippen LogP contribution in [0.4, 0.5) is 5.82 Å². The highest BCUT2D eigenvalue weighted by Crippen LogP contribution is 2.33. The van der Waals surface area contributed by atoms with Crippen LogP contribution in [0, 0.1) is 0 Å². The minimum absolute atomic E-state index is 0.0224. The van der Waals surface area contributed by atoms with Crippen LogP contribution in [0.5, 0.6) is 11.5 Å². The Labute approximate surface area is 183 Å². The largest absolute Gasteiger partial charge is 0.454 e. The van der Waals surface area contributed by atoms with Crippen LogP contribution in [0.3, 0.4) is 0 Å². The van der Waals surface area contributed by atoms with Gasteiger partial charge in [0.15, 0.2) is 28.5 Å². The van der Waals surface area contributed by atoms with Crippen molar-refractivity contribution >= 4 is 22.9 Å². The standard InChI is InChI=1S/C22H19N7O3/c30-22(15-6-7-17-18(12-15)32-14-31-17)28-10-8-27(9-11-28)20-19-21(24-13-23-20)29(26-25-19)16-4-2-1-3-5-16/h1-7,12-13H,8-11,14H2. The predicted molar refractivity (Wildman–Crippen MR) is 115 cm³/mol. The number of rotatable bonds is 3. The molecule has 0 N–H and O–H groups in total. The maximum Gasteiger partial charge on any atom is 0.254 e. The monoisotopic (exact) mass is 429 g/mol. The highest BCUT2D eigenvalue weighted by Gasteiger charge is 2.26. The zero-order chi connectivity index (χ0) is 21.5. The van der Waals surface area contributed by atoms with Gasteiger partial charge < -0.3 is 19.3 Å². The summed E-state index contributed by atoms with van der Waals surface area (Å²) in [6, 6.07) is 15.0. The molecule has 0 unspecified atom stereocenters. The van der Waals surface area contributed by atoms with Crippen molar-refractivity contribution in [3.63, 3.8) is 0 Å². The van der Waals surface area contributed by atoms with Crippen molar-refractivity contribution in [2.75, 3.05) is 37.9 Å². The lowest BCUT2D eigenvalue weighted by Gasteiger charge is -2.35. The fourth-order valence-corrected chi connectivity index (χ4v) is 4.04. The van der Waals surface area contributed by atoms with E-state index in [4.69, 9.17) is 9.47 Å². The van der Waals surface area contributed by atoms with Gasteiger partial charge in [0, 0.05) is 31.7 Å². The Balaban J connectivity index is 1.21. The number of para-hydroxylation sites is 1. The molecule has 10 nitrogen and oxygen atoms in total. The molecule has 2 aliphatic rings. The molecule has 0 atom stereocenters. The van der Waals surface area contributed by atoms with Gasteiger partial charge in [0.25, 0.3) is 5.91 Å². The van der Waals surface area contributed by atoms with Crippen LogP contribution in [0.1, 0.15) is 10.4 Å². The Kier molecular flexibility index (Phi) is 4.34. The van der Waals surface area contributed by atoms with E-state index in [1.165, 1.54) is 6.33 Å². The lowest BCUT2D eigenvalue weighted by atomic mass is 10.1. The number of hydrogen-bond acceptors (Lipinski definition) is 8. The van der Waals surface area contributed by atoms with E-state index in [9.17, 15) is 4.79 Å². The van der Waals surface area contributed by atoms with Crippen LogP contribution < -0.4 is 14.4 Å². The number of benzene rings is 2. The van der Waals surface area contributed by atoms with Crippen LogP contribution in [0.2, 0.25) is 0 Å². The molecule has 32 heavy (non-hydrogen) atoms. The van der Waals surface area contributed by atoms with Crippen molar-refractivity contribution in [3.8, 4) is 17.2 Å². The second-order valence-electron chi connectivity index (χ2n) is 7.55. The molecular weight excluding hydrogens is 410 g/mol. The summed E-state index contributed by atoms with van der Waals surface area (Å²) in [5, 5.41) is 8.63. The Morgan fingerprint density at radius 1 is 0.906 bits per heavy atom. The smallest absolute Gasteiger partial charge is 0.254 e. The summed E-state index contributed by atoms with van der Waals surface area (Å²) >= 11 is 0. The summed E-state index contributed by atoms with van der Waals surface area (Å²) in [6.07, 6.45) is 1.53. The van der Waals surface area contributed by atoms with Crippen LogP contribution in [-0.4, -0.2) is 68.7 Å². The Morgan fingerprint density at radius 2 is 1.72 bits per heavy atom. The molecule has 4 aromatic rings. The number of hydrogen-bond donors (Lipinski definition) is 0. The van der Waals surface area contributed by atoms with Crippen molar-refractivity contribution in [3.05, 3.63) is 60.4 Å². The number of fused-ring (bicyclic) bond motifs is 2. The first-order chi connectivity index (χ1) is 15.8. The van der Waals surface area contributed by atoms with Crippen molar-refractivity contribution in [1.29, 1.82) is 0 Å². The van der Waals surface area contributed by atoms with E-state index in [1.807, 2.05) is 35.2 Å². The summed E-state index contributed by atoms with van der Waals surface area (Å²) in [6.45, 7) is 2.62. The van der Waals surface area contributed by atoms with Crippen molar-refractivity contribution < 1.29 is 14.3 Å². The summed E-state index contributed by atoms with van der Waals surface area (Å²) in [7, 11) is 0. The van der Waals surface area contributed by atoms with Crippen LogP contribution >= 0.6 is 0 Å². The quantitative estimate of drug-likeness (QED) is 0.487. The molecule has 0 spiro atoms. The zero-order valence-electron chi connectivity index (χ0n) is 17.1. The van der Waals surface area contributed by atoms with Crippen molar-refractivity contribution in [2.24, 2.45) is 0 Å². The van der Waals surface area contributed by atoms with Gasteiger partial charge in [-0.15, -0.1) is 5.10 Å². The molecule has 0 bridgehead atoms. The molecule has 4 heterocycles. The third-order valence-corrected chi connectivity index (χ3v) is 5.71. The second-order valence-corrected chi connectivity index (χ2v) is 7.55. The molecule has 1 saturated heterocycles. The molecule has 1 amide bonds. The molecule has 2 aromatic carbocycles. The molecule has 2 aromatic heterocycles. The number of anilines is 1. The molecule has 1 fully saturated rings. The number of nitrogens with zero attached hydrogens (tertiary/aromatic N) is 7. The third kappa shape index (κ3) is 3.08. The van der Waals surface area contributed by atoms with E-state index in [2.05, 4.69) is 25.2 Å². The molecule has 0 saturated carbocycles. The van der Waals surface area contributed by atoms with Gasteiger partial charge in [0.05, 0.1) is 5.69 Å². The first kappa shape index (κ1) is 18.6. The molecule has 2 aliphatic heterocycles. The van der Waals surface area contributed by atoms with E-state index < -0.39 is 0 Å². The third-order valence-electron chi connectivity index (χ3n) is 5.71. The van der Waals surface area contributed by atoms with E-state index in [-0.39, 0.29) is 12.7 Å². The minimum atomic E-state index is -0.0224. The highest BCUT2D eigenvalue weighted by molar-refractivity contribution is 5.95. The van der Waals surface area contributed by atoms with Gasteiger partial charge in [-0.05, 0) is 30.3 Å². The van der Waals surface area contributed by atoms with Gasteiger partial charge in [-0.1, -0.05) is 23.4 Å². The molecule has 160 valence electrons. The van der Waals surface area contributed by atoms with Gasteiger partial charge in [-0.2, -0.15) is 4.68 Å². The van der Waals surface area contributed by atoms with Gasteiger partial charge in [-0.3, -0.25) is 4.79 Å². The van der Waals surface area contributed by atoms with Crippen molar-refractivity contribution in [2.45, 2.75) is 0 Å². The maximum atomic E-state index is 13.0. The maximum absolute atomic E-state index is 13.0. The van der Waals surface area contributed by atoms with Gasteiger partial charge in [0.1, 0.15) is 6.33 Å². The molecular formula is C22H19N7O3. The summed E-state index contributed by atoms with van der Waals surface area (Å²) in [5.74, 6) is 1.99. The Morgan fingerprint density at radius 3 is 2.56 bits per heavy atom. The minimum Gasteiger partial charge on any atom is -0.454 e. The molecule has 0 radical (unpaired) electrons. The average Bonchev–Trinajstić information content (AvgIpc) is 3.51. The number of piperazine rings is 1. The summed E-state index contributed by atoms with van der Waals surface area (Å²) in [5.41, 5.74) is 2.78. The topological polar surface area (TPSA) is 98.5 Å². The highest BCUT2D eigenvalue weighted by atomic mass is 16.7. The predicted octanol–water partition coefficient (Wildman–Crippen LogP) is 1.90. The first-order valence-corrected chi connectivity index (χ1v) is 10.3. The van der Waals surface area contributed by atoms with Crippen LogP contribution in [0.25, 0.3) is 16.9 Å². The number of ether oxygens (including phenoxy) is 2. The SMILES string of the molecule is O=C(c1ccc2c(c1)OCO2)N1CCN(c2ncnc3c2nnn3-c2ccccc2)CC1. The van der Waals surface area contributed by atoms with E-state index >= 15 is 0 Å². The van der Waals surface area contributed by atoms with Gasteiger partial charge in [0.2, 0.25) is 6.79 Å². The van der Waals surface area contributed by atoms with Gasteiger partial charge in [-0.25, -0.2) is 9.97 Å². The normalized spacial score (nSPS) is 15.4. The Bertz CT molecular complexity index is 1300. The first-order valence-electron chi connectivity index (χ1n) is 10.3. The van der Waals surface area contributed by atoms with Crippen LogP contribution in [0.15, 0.2) is 54.9 Å². The van der Waals surface area contributed by atoms with E-state index in [0.29, 0.717) is 54.4 Å². The van der Waals surface area contributed by atoms with Crippen LogP contribution in [-0.2, 0) is 0 Å². The summed E-state index contributed by atoms with van der Waals surface area (Å²) in [4.78, 5) is 25.8.